The van der Waals surface area contributed by atoms with Crippen LogP contribution in [-0.2, 0) is 20.0 Å². The zero-order valence-electron chi connectivity index (χ0n) is 11.3. The number of nitrogens with zero attached hydrogens (tertiary/aromatic N) is 5. The maximum Gasteiger partial charge on any atom is 0.185 e. The Hall–Kier alpha value is -2.21. The van der Waals surface area contributed by atoms with Crippen molar-refractivity contribution in [1.82, 2.24) is 24.5 Å². The topological polar surface area (TPSA) is 74.5 Å². The number of aryl methyl sites for hydroxylation is 2. The Labute approximate surface area is 116 Å². The molecular formula is C14H16N6. The van der Waals surface area contributed by atoms with Crippen LogP contribution in [0, 0.1) is 0 Å². The molecule has 1 unspecified atom stereocenters. The van der Waals surface area contributed by atoms with E-state index in [4.69, 9.17) is 5.73 Å². The molecule has 1 aliphatic heterocycles. The minimum atomic E-state index is 0.173. The first kappa shape index (κ1) is 11.6. The van der Waals surface area contributed by atoms with Gasteiger partial charge in [-0.05, 0) is 12.5 Å². The first-order valence-corrected chi connectivity index (χ1v) is 6.84. The molecule has 6 nitrogen and oxygen atoms in total. The quantitative estimate of drug-likeness (QED) is 0.717. The van der Waals surface area contributed by atoms with E-state index in [-0.39, 0.29) is 6.04 Å². The van der Waals surface area contributed by atoms with Gasteiger partial charge in [0, 0.05) is 31.4 Å². The van der Waals surface area contributed by atoms with Crippen molar-refractivity contribution in [2.75, 3.05) is 0 Å². The van der Waals surface area contributed by atoms with Crippen molar-refractivity contribution in [1.29, 1.82) is 0 Å². The second-order valence-electron chi connectivity index (χ2n) is 5.34. The van der Waals surface area contributed by atoms with Crippen LogP contribution in [0.3, 0.4) is 0 Å². The van der Waals surface area contributed by atoms with E-state index in [9.17, 15) is 0 Å². The summed E-state index contributed by atoms with van der Waals surface area (Å²) in [5.74, 6) is 1.84. The highest BCUT2D eigenvalue weighted by atomic mass is 15.3. The molecule has 20 heavy (non-hydrogen) atoms. The Morgan fingerprint density at radius 2 is 2.10 bits per heavy atom. The van der Waals surface area contributed by atoms with Gasteiger partial charge < -0.3 is 10.3 Å². The predicted molar refractivity (Wildman–Crippen MR) is 76.0 cm³/mol. The zero-order valence-corrected chi connectivity index (χ0v) is 11.3. The van der Waals surface area contributed by atoms with E-state index in [1.807, 2.05) is 23.9 Å². The van der Waals surface area contributed by atoms with Crippen LogP contribution in [0.1, 0.15) is 12.2 Å². The number of fused-ring (bicyclic) bond motifs is 2. The summed E-state index contributed by atoms with van der Waals surface area (Å²) < 4.78 is 4.00. The van der Waals surface area contributed by atoms with E-state index in [1.165, 1.54) is 0 Å². The summed E-state index contributed by atoms with van der Waals surface area (Å²) in [6, 6.07) is 8.34. The standard InChI is InChI=1S/C14H16N6/c1-19-11-5-3-2-4-10(11)13(18-19)14-17-16-12-7-6-9(15)8-20(12)14/h2-5,9H,6-8,15H2,1H3. The summed E-state index contributed by atoms with van der Waals surface area (Å²) in [5, 5.41) is 14.4. The van der Waals surface area contributed by atoms with Gasteiger partial charge in [0.05, 0.1) is 5.52 Å². The van der Waals surface area contributed by atoms with Crippen LogP contribution < -0.4 is 5.73 Å². The van der Waals surface area contributed by atoms with Crippen LogP contribution in [0.4, 0.5) is 0 Å². The van der Waals surface area contributed by atoms with Gasteiger partial charge in [-0.25, -0.2) is 0 Å². The summed E-state index contributed by atoms with van der Waals surface area (Å²) in [6.45, 7) is 0.766. The first-order chi connectivity index (χ1) is 9.74. The molecule has 0 fully saturated rings. The molecule has 6 heteroatoms. The van der Waals surface area contributed by atoms with Crippen molar-refractivity contribution < 1.29 is 0 Å². The van der Waals surface area contributed by atoms with Crippen LogP contribution in [0.15, 0.2) is 24.3 Å². The fourth-order valence-electron chi connectivity index (χ4n) is 2.91. The van der Waals surface area contributed by atoms with E-state index in [0.29, 0.717) is 0 Å². The molecule has 0 amide bonds. The lowest BCUT2D eigenvalue weighted by molar-refractivity contribution is 0.456. The van der Waals surface area contributed by atoms with E-state index in [0.717, 1.165) is 47.6 Å². The molecule has 0 spiro atoms. The van der Waals surface area contributed by atoms with Gasteiger partial charge in [-0.15, -0.1) is 10.2 Å². The van der Waals surface area contributed by atoms with Gasteiger partial charge >= 0.3 is 0 Å². The van der Waals surface area contributed by atoms with E-state index >= 15 is 0 Å². The fourth-order valence-corrected chi connectivity index (χ4v) is 2.91. The van der Waals surface area contributed by atoms with E-state index in [1.54, 1.807) is 0 Å². The Morgan fingerprint density at radius 1 is 1.25 bits per heavy atom. The number of nitrogens with two attached hydrogens (primary N) is 1. The zero-order chi connectivity index (χ0) is 13.7. The van der Waals surface area contributed by atoms with Gasteiger partial charge in [-0.2, -0.15) is 5.10 Å². The number of rotatable bonds is 1. The van der Waals surface area contributed by atoms with Crippen molar-refractivity contribution in [3.8, 4) is 11.5 Å². The molecule has 2 aromatic heterocycles. The average Bonchev–Trinajstić information content (AvgIpc) is 3.00. The molecule has 0 bridgehead atoms. The fraction of sp³-hybridized carbons (Fsp3) is 0.357. The lowest BCUT2D eigenvalue weighted by Crippen LogP contribution is -2.32. The largest absolute Gasteiger partial charge is 0.326 e. The van der Waals surface area contributed by atoms with E-state index < -0.39 is 0 Å². The highest BCUT2D eigenvalue weighted by molar-refractivity contribution is 5.91. The van der Waals surface area contributed by atoms with Crippen molar-refractivity contribution >= 4 is 10.9 Å². The summed E-state index contributed by atoms with van der Waals surface area (Å²) in [6.07, 6.45) is 1.86. The third-order valence-electron chi connectivity index (χ3n) is 3.95. The number of hydrogen-bond acceptors (Lipinski definition) is 4. The molecule has 1 aromatic carbocycles. The molecule has 3 aromatic rings. The van der Waals surface area contributed by atoms with Gasteiger partial charge in [0.15, 0.2) is 5.82 Å². The second-order valence-corrected chi connectivity index (χ2v) is 5.34. The Kier molecular flexibility index (Phi) is 2.40. The molecule has 1 aliphatic rings. The summed E-state index contributed by atoms with van der Waals surface area (Å²) in [4.78, 5) is 0. The monoisotopic (exact) mass is 268 g/mol. The maximum absolute atomic E-state index is 6.07. The predicted octanol–water partition coefficient (Wildman–Crippen LogP) is 1.11. The minimum Gasteiger partial charge on any atom is -0.326 e. The van der Waals surface area contributed by atoms with Crippen LogP contribution in [0.2, 0.25) is 0 Å². The highest BCUT2D eigenvalue weighted by Crippen LogP contribution is 2.28. The first-order valence-electron chi connectivity index (χ1n) is 6.84. The molecule has 2 N–H and O–H groups in total. The van der Waals surface area contributed by atoms with Crippen LogP contribution >= 0.6 is 0 Å². The average molecular weight is 268 g/mol. The summed E-state index contributed by atoms with van der Waals surface area (Å²) >= 11 is 0. The van der Waals surface area contributed by atoms with Gasteiger partial charge in [0.1, 0.15) is 11.5 Å². The van der Waals surface area contributed by atoms with Crippen LogP contribution in [-0.4, -0.2) is 30.6 Å². The van der Waals surface area contributed by atoms with Crippen LogP contribution in [0.5, 0.6) is 0 Å². The highest BCUT2D eigenvalue weighted by Gasteiger charge is 2.23. The third kappa shape index (κ3) is 1.58. The molecule has 0 radical (unpaired) electrons. The number of para-hydroxylation sites is 1. The molecule has 1 atom stereocenters. The maximum atomic E-state index is 6.07. The molecular weight excluding hydrogens is 252 g/mol. The van der Waals surface area contributed by atoms with Crippen molar-refractivity contribution in [3.63, 3.8) is 0 Å². The third-order valence-corrected chi connectivity index (χ3v) is 3.95. The van der Waals surface area contributed by atoms with Crippen molar-refractivity contribution in [2.24, 2.45) is 12.8 Å². The van der Waals surface area contributed by atoms with Gasteiger partial charge in [-0.1, -0.05) is 18.2 Å². The second kappa shape index (κ2) is 4.14. The Balaban J connectivity index is 1.94. The van der Waals surface area contributed by atoms with Crippen LogP contribution in [0.25, 0.3) is 22.4 Å². The lowest BCUT2D eigenvalue weighted by Gasteiger charge is -2.20. The SMILES string of the molecule is Cn1nc(-c2nnc3n2CC(N)CC3)c2ccccc21. The lowest BCUT2D eigenvalue weighted by atomic mass is 10.1. The van der Waals surface area contributed by atoms with Crippen molar-refractivity contribution in [2.45, 2.75) is 25.4 Å². The normalized spacial score (nSPS) is 18.4. The van der Waals surface area contributed by atoms with Gasteiger partial charge in [0.2, 0.25) is 0 Å². The molecule has 0 saturated heterocycles. The molecule has 4 rings (SSSR count). The number of hydrogen-bond donors (Lipinski definition) is 1. The molecule has 0 saturated carbocycles. The molecule has 3 heterocycles. The molecule has 0 aliphatic carbocycles. The minimum absolute atomic E-state index is 0.173. The summed E-state index contributed by atoms with van der Waals surface area (Å²) in [7, 11) is 1.95. The van der Waals surface area contributed by atoms with E-state index in [2.05, 4.69) is 32.0 Å². The number of benzene rings is 1. The van der Waals surface area contributed by atoms with Crippen molar-refractivity contribution in [3.05, 3.63) is 30.1 Å². The Morgan fingerprint density at radius 3 is 3.00 bits per heavy atom. The smallest absolute Gasteiger partial charge is 0.185 e. The number of aromatic nitrogens is 5. The molecule has 102 valence electrons. The summed E-state index contributed by atoms with van der Waals surface area (Å²) in [5.41, 5.74) is 8.05. The van der Waals surface area contributed by atoms with Gasteiger partial charge in [-0.3, -0.25) is 4.68 Å². The van der Waals surface area contributed by atoms with Gasteiger partial charge in [0.25, 0.3) is 0 Å². The Bertz CT molecular complexity index is 784.